The zero-order chi connectivity index (χ0) is 10.0. The van der Waals surface area contributed by atoms with E-state index in [0.717, 1.165) is 12.4 Å². The molecule has 2 heterocycles. The fourth-order valence-electron chi connectivity index (χ4n) is 1.83. The number of aromatic nitrogens is 2. The van der Waals surface area contributed by atoms with E-state index >= 15 is 0 Å². The molecule has 1 N–H and O–H groups in total. The maximum absolute atomic E-state index is 10.1. The van der Waals surface area contributed by atoms with Gasteiger partial charge in [-0.3, -0.25) is 0 Å². The van der Waals surface area contributed by atoms with Gasteiger partial charge in [-0.05, 0) is 6.92 Å². The van der Waals surface area contributed by atoms with Gasteiger partial charge in [0, 0.05) is 38.4 Å². The van der Waals surface area contributed by atoms with Gasteiger partial charge in [-0.1, -0.05) is 0 Å². The van der Waals surface area contributed by atoms with Crippen LogP contribution in [-0.4, -0.2) is 33.5 Å². The SMILES string of the molecule is CCn1ccnc1CC1(O)CCOC1. The first-order valence-electron chi connectivity index (χ1n) is 5.04. The molecule has 1 aromatic heterocycles. The van der Waals surface area contributed by atoms with Gasteiger partial charge in [0.1, 0.15) is 5.82 Å². The molecule has 2 rings (SSSR count). The Hall–Kier alpha value is -0.870. The average molecular weight is 196 g/mol. The maximum atomic E-state index is 10.1. The van der Waals surface area contributed by atoms with Crippen LogP contribution in [0.2, 0.25) is 0 Å². The van der Waals surface area contributed by atoms with Gasteiger partial charge >= 0.3 is 0 Å². The molecule has 1 atom stereocenters. The van der Waals surface area contributed by atoms with E-state index in [-0.39, 0.29) is 0 Å². The minimum absolute atomic E-state index is 0.434. The lowest BCUT2D eigenvalue weighted by atomic mass is 9.99. The molecule has 1 aliphatic rings. The van der Waals surface area contributed by atoms with Gasteiger partial charge in [-0.25, -0.2) is 4.98 Å². The summed E-state index contributed by atoms with van der Waals surface area (Å²) in [5, 5.41) is 10.1. The Bertz CT molecular complexity index is 303. The quantitative estimate of drug-likeness (QED) is 0.770. The minimum atomic E-state index is -0.696. The van der Waals surface area contributed by atoms with Crippen LogP contribution in [0.3, 0.4) is 0 Å². The molecular formula is C10H16N2O2. The average Bonchev–Trinajstić information content (AvgIpc) is 2.75. The van der Waals surface area contributed by atoms with Crippen molar-refractivity contribution in [3.8, 4) is 0 Å². The predicted octanol–water partition coefficient (Wildman–Crippen LogP) is 0.597. The Balaban J connectivity index is 2.09. The number of hydrogen-bond donors (Lipinski definition) is 1. The molecule has 1 saturated heterocycles. The van der Waals surface area contributed by atoms with E-state index in [9.17, 15) is 5.11 Å². The number of nitrogens with zero attached hydrogens (tertiary/aromatic N) is 2. The smallest absolute Gasteiger partial charge is 0.111 e. The van der Waals surface area contributed by atoms with Crippen LogP contribution < -0.4 is 0 Å². The first kappa shape index (κ1) is 9.68. The first-order valence-corrected chi connectivity index (χ1v) is 5.04. The Morgan fingerprint density at radius 3 is 3.21 bits per heavy atom. The highest BCUT2D eigenvalue weighted by Gasteiger charge is 2.33. The third kappa shape index (κ3) is 1.81. The summed E-state index contributed by atoms with van der Waals surface area (Å²) in [6.07, 6.45) is 5.02. The van der Waals surface area contributed by atoms with Crippen LogP contribution in [0.25, 0.3) is 0 Å². The van der Waals surface area contributed by atoms with Crippen LogP contribution in [0.15, 0.2) is 12.4 Å². The van der Waals surface area contributed by atoms with Crippen LogP contribution in [0.1, 0.15) is 19.2 Å². The monoisotopic (exact) mass is 196 g/mol. The molecule has 0 bridgehead atoms. The Morgan fingerprint density at radius 2 is 2.57 bits per heavy atom. The summed E-state index contributed by atoms with van der Waals surface area (Å²) in [7, 11) is 0. The summed E-state index contributed by atoms with van der Waals surface area (Å²) in [6, 6.07) is 0. The zero-order valence-corrected chi connectivity index (χ0v) is 8.44. The molecule has 1 unspecified atom stereocenters. The summed E-state index contributed by atoms with van der Waals surface area (Å²) in [5.74, 6) is 0.945. The molecule has 1 aromatic rings. The predicted molar refractivity (Wildman–Crippen MR) is 52.0 cm³/mol. The zero-order valence-electron chi connectivity index (χ0n) is 8.44. The van der Waals surface area contributed by atoms with Gasteiger partial charge in [-0.2, -0.15) is 0 Å². The molecule has 0 radical (unpaired) electrons. The molecule has 4 nitrogen and oxygen atoms in total. The molecule has 0 saturated carbocycles. The van der Waals surface area contributed by atoms with Crippen molar-refractivity contribution in [3.05, 3.63) is 18.2 Å². The number of ether oxygens (including phenoxy) is 1. The van der Waals surface area contributed by atoms with E-state index in [0.29, 0.717) is 26.1 Å². The van der Waals surface area contributed by atoms with Crippen molar-refractivity contribution >= 4 is 0 Å². The van der Waals surface area contributed by atoms with Crippen molar-refractivity contribution in [2.24, 2.45) is 0 Å². The topological polar surface area (TPSA) is 47.3 Å². The first-order chi connectivity index (χ1) is 6.73. The van der Waals surface area contributed by atoms with Gasteiger partial charge in [0.25, 0.3) is 0 Å². The van der Waals surface area contributed by atoms with Crippen LogP contribution in [0.5, 0.6) is 0 Å². The summed E-state index contributed by atoms with van der Waals surface area (Å²) < 4.78 is 7.25. The standard InChI is InChI=1S/C10H16N2O2/c1-2-12-5-4-11-9(12)7-10(13)3-6-14-8-10/h4-5,13H,2-3,6-8H2,1H3. The van der Waals surface area contributed by atoms with E-state index in [1.807, 2.05) is 6.20 Å². The second kappa shape index (κ2) is 3.71. The summed E-state index contributed by atoms with van der Waals surface area (Å²) in [6.45, 7) is 4.06. The lowest BCUT2D eigenvalue weighted by molar-refractivity contribution is 0.0247. The van der Waals surface area contributed by atoms with E-state index in [4.69, 9.17) is 4.74 Å². The molecule has 0 spiro atoms. The van der Waals surface area contributed by atoms with Gasteiger partial charge in [0.05, 0.1) is 12.2 Å². The molecule has 78 valence electrons. The Kier molecular flexibility index (Phi) is 2.56. The molecule has 1 aliphatic heterocycles. The number of hydrogen-bond acceptors (Lipinski definition) is 3. The highest BCUT2D eigenvalue weighted by molar-refractivity contribution is 5.00. The number of rotatable bonds is 3. The summed E-state index contributed by atoms with van der Waals surface area (Å²) in [5.41, 5.74) is -0.696. The molecule has 0 amide bonds. The second-order valence-corrected chi connectivity index (χ2v) is 3.83. The van der Waals surface area contributed by atoms with Gasteiger partial charge < -0.3 is 14.4 Å². The van der Waals surface area contributed by atoms with Crippen molar-refractivity contribution in [1.29, 1.82) is 0 Å². The van der Waals surface area contributed by atoms with Gasteiger partial charge in [0.2, 0.25) is 0 Å². The van der Waals surface area contributed by atoms with Crippen LogP contribution >= 0.6 is 0 Å². The van der Waals surface area contributed by atoms with E-state index < -0.39 is 5.60 Å². The normalized spacial score (nSPS) is 27.0. The van der Waals surface area contributed by atoms with Crippen molar-refractivity contribution in [2.75, 3.05) is 13.2 Å². The fourth-order valence-corrected chi connectivity index (χ4v) is 1.83. The van der Waals surface area contributed by atoms with Gasteiger partial charge in [0.15, 0.2) is 0 Å². The Morgan fingerprint density at radius 1 is 1.71 bits per heavy atom. The largest absolute Gasteiger partial charge is 0.387 e. The summed E-state index contributed by atoms with van der Waals surface area (Å²) in [4.78, 5) is 4.24. The number of aryl methyl sites for hydroxylation is 1. The van der Waals surface area contributed by atoms with Crippen molar-refractivity contribution in [2.45, 2.75) is 31.9 Å². The van der Waals surface area contributed by atoms with Gasteiger partial charge in [-0.15, -0.1) is 0 Å². The van der Waals surface area contributed by atoms with Crippen molar-refractivity contribution in [1.82, 2.24) is 9.55 Å². The number of aliphatic hydroxyl groups is 1. The fraction of sp³-hybridized carbons (Fsp3) is 0.700. The number of imidazole rings is 1. The third-order valence-corrected chi connectivity index (χ3v) is 2.71. The molecule has 0 aliphatic carbocycles. The van der Waals surface area contributed by atoms with Crippen LogP contribution in [0.4, 0.5) is 0 Å². The lowest BCUT2D eigenvalue weighted by Gasteiger charge is -2.19. The molecule has 0 aromatic carbocycles. The van der Waals surface area contributed by atoms with Crippen LogP contribution in [-0.2, 0) is 17.7 Å². The molecule has 1 fully saturated rings. The molecular weight excluding hydrogens is 180 g/mol. The summed E-state index contributed by atoms with van der Waals surface area (Å²) >= 11 is 0. The molecule has 14 heavy (non-hydrogen) atoms. The molecule has 4 heteroatoms. The lowest BCUT2D eigenvalue weighted by Crippen LogP contribution is -2.32. The minimum Gasteiger partial charge on any atom is -0.387 e. The third-order valence-electron chi connectivity index (χ3n) is 2.71. The highest BCUT2D eigenvalue weighted by Crippen LogP contribution is 2.22. The second-order valence-electron chi connectivity index (χ2n) is 3.83. The highest BCUT2D eigenvalue weighted by atomic mass is 16.5. The van der Waals surface area contributed by atoms with E-state index in [2.05, 4.69) is 16.5 Å². The van der Waals surface area contributed by atoms with Crippen LogP contribution in [0, 0.1) is 0 Å². The maximum Gasteiger partial charge on any atom is 0.111 e. The van der Waals surface area contributed by atoms with Crippen molar-refractivity contribution in [3.63, 3.8) is 0 Å². The van der Waals surface area contributed by atoms with E-state index in [1.54, 1.807) is 6.20 Å². The Labute approximate surface area is 83.5 Å². The van der Waals surface area contributed by atoms with E-state index in [1.165, 1.54) is 0 Å². The van der Waals surface area contributed by atoms with Crippen molar-refractivity contribution < 1.29 is 9.84 Å².